The highest BCUT2D eigenvalue weighted by Gasteiger charge is 2.31. The van der Waals surface area contributed by atoms with Crippen LogP contribution in [0.5, 0.6) is 5.75 Å². The summed E-state index contributed by atoms with van der Waals surface area (Å²) in [4.78, 5) is 12.3. The maximum Gasteiger partial charge on any atom is 0.314 e. The number of hydrogen-bond donors (Lipinski definition) is 0. The van der Waals surface area contributed by atoms with E-state index in [0.717, 1.165) is 31.2 Å². The molecule has 2 aromatic carbocycles. The standard InChI is InChI=1S/C31H41FO2/c1-3-5-6-8-22-9-14-24(15-10-22)25-16-11-23(12-17-25)13-18-26-19-20-27-21-28(7-4-2)31(33)34-30(27)29(26)32/h9-10,14-15,19-20,23,25,28H,3-8,11-13,16-18,21H2,1-2H3. The van der Waals surface area contributed by atoms with E-state index >= 15 is 4.39 Å². The quantitative estimate of drug-likeness (QED) is 0.201. The van der Waals surface area contributed by atoms with E-state index in [2.05, 4.69) is 38.1 Å². The van der Waals surface area contributed by atoms with Crippen molar-refractivity contribution in [1.82, 2.24) is 0 Å². The van der Waals surface area contributed by atoms with Crippen molar-refractivity contribution in [2.75, 3.05) is 0 Å². The van der Waals surface area contributed by atoms with Crippen molar-refractivity contribution >= 4 is 5.97 Å². The number of unbranched alkanes of at least 4 members (excludes halogenated alkanes) is 2. The molecule has 0 bridgehead atoms. The van der Waals surface area contributed by atoms with Crippen molar-refractivity contribution < 1.29 is 13.9 Å². The molecule has 0 spiro atoms. The van der Waals surface area contributed by atoms with Crippen LogP contribution >= 0.6 is 0 Å². The number of ether oxygens (including phenoxy) is 1. The highest BCUT2D eigenvalue weighted by atomic mass is 19.1. The molecule has 2 nitrogen and oxygen atoms in total. The Bertz CT molecular complexity index is 941. The van der Waals surface area contributed by atoms with Crippen LogP contribution in [0.1, 0.15) is 106 Å². The van der Waals surface area contributed by atoms with Crippen molar-refractivity contribution in [3.63, 3.8) is 0 Å². The van der Waals surface area contributed by atoms with Crippen molar-refractivity contribution in [3.05, 3.63) is 64.5 Å². The van der Waals surface area contributed by atoms with Crippen LogP contribution in [-0.4, -0.2) is 5.97 Å². The second-order valence-electron chi connectivity index (χ2n) is 10.6. The van der Waals surface area contributed by atoms with Gasteiger partial charge in [-0.1, -0.05) is 69.5 Å². The van der Waals surface area contributed by atoms with Crippen LogP contribution in [0.2, 0.25) is 0 Å². The minimum atomic E-state index is -0.312. The van der Waals surface area contributed by atoms with Crippen LogP contribution in [0.25, 0.3) is 0 Å². The molecule has 3 heteroatoms. The third-order valence-electron chi connectivity index (χ3n) is 8.09. The van der Waals surface area contributed by atoms with E-state index in [0.29, 0.717) is 23.8 Å². The van der Waals surface area contributed by atoms with Crippen molar-refractivity contribution in [2.24, 2.45) is 11.8 Å². The van der Waals surface area contributed by atoms with Gasteiger partial charge in [-0.3, -0.25) is 4.79 Å². The molecule has 184 valence electrons. The Balaban J connectivity index is 1.27. The maximum absolute atomic E-state index is 15.1. The summed E-state index contributed by atoms with van der Waals surface area (Å²) >= 11 is 0. The summed E-state index contributed by atoms with van der Waals surface area (Å²) in [6.45, 7) is 4.31. The Labute approximate surface area is 205 Å². The molecule has 1 unspecified atom stereocenters. The summed E-state index contributed by atoms with van der Waals surface area (Å²) in [5.41, 5.74) is 4.49. The fourth-order valence-corrected chi connectivity index (χ4v) is 5.88. The molecule has 1 atom stereocenters. The second-order valence-corrected chi connectivity index (χ2v) is 10.6. The SMILES string of the molecule is CCCCCc1ccc(C2CCC(CCc3ccc4c(c3F)OC(=O)C(CCC)C4)CC2)cc1. The topological polar surface area (TPSA) is 26.3 Å². The average Bonchev–Trinajstić information content (AvgIpc) is 2.86. The van der Waals surface area contributed by atoms with Crippen LogP contribution in [0.15, 0.2) is 36.4 Å². The number of carbonyl (C=O) groups excluding carboxylic acids is 1. The molecule has 0 aromatic heterocycles. The van der Waals surface area contributed by atoms with Gasteiger partial charge in [0.25, 0.3) is 0 Å². The number of aryl methyl sites for hydroxylation is 2. The molecular formula is C31H41FO2. The highest BCUT2D eigenvalue weighted by Crippen LogP contribution is 2.39. The summed E-state index contributed by atoms with van der Waals surface area (Å²) in [6.07, 6.45) is 14.0. The number of carbonyl (C=O) groups is 1. The molecule has 2 aliphatic rings. The fourth-order valence-electron chi connectivity index (χ4n) is 5.88. The molecule has 1 aliphatic heterocycles. The number of fused-ring (bicyclic) bond motifs is 1. The number of esters is 1. The van der Waals surface area contributed by atoms with Crippen LogP contribution in [0.3, 0.4) is 0 Å². The number of rotatable bonds is 10. The molecule has 1 fully saturated rings. The molecule has 0 saturated heterocycles. The largest absolute Gasteiger partial charge is 0.423 e. The lowest BCUT2D eigenvalue weighted by atomic mass is 9.76. The molecule has 4 rings (SSSR count). The zero-order valence-electron chi connectivity index (χ0n) is 21.1. The van der Waals surface area contributed by atoms with Crippen molar-refractivity contribution in [3.8, 4) is 5.75 Å². The van der Waals surface area contributed by atoms with Gasteiger partial charge in [0.15, 0.2) is 11.6 Å². The number of benzene rings is 2. The molecule has 1 heterocycles. The number of hydrogen-bond acceptors (Lipinski definition) is 2. The molecule has 2 aromatic rings. The van der Waals surface area contributed by atoms with Gasteiger partial charge in [-0.15, -0.1) is 0 Å². The van der Waals surface area contributed by atoms with E-state index in [1.807, 2.05) is 12.1 Å². The average molecular weight is 465 g/mol. The Hall–Kier alpha value is -2.16. The monoisotopic (exact) mass is 464 g/mol. The summed E-state index contributed by atoms with van der Waals surface area (Å²) in [6, 6.07) is 13.2. The zero-order valence-corrected chi connectivity index (χ0v) is 21.1. The summed E-state index contributed by atoms with van der Waals surface area (Å²) in [5, 5.41) is 0. The Morgan fingerprint density at radius 1 is 0.882 bits per heavy atom. The maximum atomic E-state index is 15.1. The Kier molecular flexibility index (Phi) is 8.80. The van der Waals surface area contributed by atoms with Gasteiger partial charge in [-0.25, -0.2) is 4.39 Å². The minimum Gasteiger partial charge on any atom is -0.423 e. The Morgan fingerprint density at radius 3 is 2.35 bits per heavy atom. The first-order valence-corrected chi connectivity index (χ1v) is 13.7. The lowest BCUT2D eigenvalue weighted by molar-refractivity contribution is -0.140. The van der Waals surface area contributed by atoms with E-state index < -0.39 is 0 Å². The van der Waals surface area contributed by atoms with Gasteiger partial charge < -0.3 is 4.74 Å². The highest BCUT2D eigenvalue weighted by molar-refractivity contribution is 5.78. The van der Waals surface area contributed by atoms with Gasteiger partial charge in [0.2, 0.25) is 0 Å². The van der Waals surface area contributed by atoms with E-state index in [-0.39, 0.29) is 23.5 Å². The predicted octanol–water partition coefficient (Wildman–Crippen LogP) is 8.34. The van der Waals surface area contributed by atoms with Gasteiger partial charge in [-0.05, 0) is 98.3 Å². The molecule has 0 radical (unpaired) electrons. The normalized spacial score (nSPS) is 22.3. The third-order valence-corrected chi connectivity index (χ3v) is 8.09. The van der Waals surface area contributed by atoms with Crippen molar-refractivity contribution in [1.29, 1.82) is 0 Å². The van der Waals surface area contributed by atoms with Gasteiger partial charge in [0, 0.05) is 0 Å². The lowest BCUT2D eigenvalue weighted by Gasteiger charge is -2.29. The Morgan fingerprint density at radius 2 is 1.65 bits per heavy atom. The molecule has 0 amide bonds. The van der Waals surface area contributed by atoms with Crippen LogP contribution in [0.4, 0.5) is 4.39 Å². The third kappa shape index (κ3) is 6.09. The molecule has 34 heavy (non-hydrogen) atoms. The van der Waals surface area contributed by atoms with Gasteiger partial charge in [0.05, 0.1) is 5.92 Å². The van der Waals surface area contributed by atoms with Crippen LogP contribution in [-0.2, 0) is 24.1 Å². The van der Waals surface area contributed by atoms with Gasteiger partial charge in [-0.2, -0.15) is 0 Å². The van der Waals surface area contributed by atoms with E-state index in [1.165, 1.54) is 62.5 Å². The van der Waals surface area contributed by atoms with E-state index in [1.54, 1.807) is 0 Å². The first-order valence-electron chi connectivity index (χ1n) is 13.7. The van der Waals surface area contributed by atoms with E-state index in [4.69, 9.17) is 4.74 Å². The molecule has 1 saturated carbocycles. The van der Waals surface area contributed by atoms with Crippen molar-refractivity contribution in [2.45, 2.75) is 103 Å². The van der Waals surface area contributed by atoms with Crippen LogP contribution in [0, 0.1) is 17.7 Å². The summed E-state index contributed by atoms with van der Waals surface area (Å²) in [7, 11) is 0. The molecular weight excluding hydrogens is 423 g/mol. The summed E-state index contributed by atoms with van der Waals surface area (Å²) in [5.74, 6) is 0.798. The first kappa shape index (κ1) is 24.9. The smallest absolute Gasteiger partial charge is 0.314 e. The van der Waals surface area contributed by atoms with Crippen LogP contribution < -0.4 is 4.74 Å². The zero-order chi connectivity index (χ0) is 23.9. The minimum absolute atomic E-state index is 0.129. The molecule has 1 aliphatic carbocycles. The predicted molar refractivity (Wildman–Crippen MR) is 137 cm³/mol. The lowest BCUT2D eigenvalue weighted by Crippen LogP contribution is -2.28. The number of halogens is 1. The van der Waals surface area contributed by atoms with Gasteiger partial charge in [0.1, 0.15) is 0 Å². The fraction of sp³-hybridized carbons (Fsp3) is 0.581. The second kappa shape index (κ2) is 12.0. The van der Waals surface area contributed by atoms with E-state index in [9.17, 15) is 4.79 Å². The summed E-state index contributed by atoms with van der Waals surface area (Å²) < 4.78 is 20.6. The molecule has 0 N–H and O–H groups in total. The first-order chi connectivity index (χ1) is 16.6. The van der Waals surface area contributed by atoms with Gasteiger partial charge >= 0.3 is 5.97 Å².